The summed E-state index contributed by atoms with van der Waals surface area (Å²) in [6.07, 6.45) is 20.6. The Hall–Kier alpha value is -0.410. The molecule has 0 bridgehead atoms. The summed E-state index contributed by atoms with van der Waals surface area (Å²) in [4.78, 5) is 10.9. The number of unbranched alkanes of at least 4 members (excludes halogenated alkanes) is 13. The lowest BCUT2D eigenvalue weighted by Gasteiger charge is -2.34. The third-order valence-electron chi connectivity index (χ3n) is 6.16. The van der Waals surface area contributed by atoms with E-state index in [9.17, 15) is 4.79 Å². The summed E-state index contributed by atoms with van der Waals surface area (Å²) in [7, 11) is 0. The highest BCUT2D eigenvalue weighted by Gasteiger charge is 2.21. The molecule has 0 fully saturated rings. The van der Waals surface area contributed by atoms with E-state index in [0.29, 0.717) is 6.54 Å². The van der Waals surface area contributed by atoms with Crippen LogP contribution in [0.4, 0.5) is 0 Å². The van der Waals surface area contributed by atoms with E-state index in [0.717, 1.165) is 43.6 Å². The van der Waals surface area contributed by atoms with Crippen LogP contribution in [0, 0.1) is 0 Å². The van der Waals surface area contributed by atoms with Gasteiger partial charge in [0.1, 0.15) is 13.1 Å². The maximum atomic E-state index is 10.9. The Morgan fingerprint density at radius 3 is 1.48 bits per heavy atom. The first kappa shape index (κ1) is 26.6. The number of ether oxygens (including phenoxy) is 1. The zero-order valence-corrected chi connectivity index (χ0v) is 19.0. The molecule has 0 atom stereocenters. The van der Waals surface area contributed by atoms with Crippen LogP contribution < -0.4 is 0 Å². The Bertz CT molecular complexity index is 303. The topological polar surface area (TPSA) is 26.3 Å². The SMILES string of the molecule is CCCCCCCCCCCCCCCCOCC[N+](CC)(CC)CC=O. The molecule has 0 unspecified atom stereocenters. The highest BCUT2D eigenvalue weighted by atomic mass is 16.5. The van der Waals surface area contributed by atoms with Crippen LogP contribution in [0.25, 0.3) is 0 Å². The maximum Gasteiger partial charge on any atom is 0.174 e. The van der Waals surface area contributed by atoms with E-state index in [2.05, 4.69) is 20.8 Å². The van der Waals surface area contributed by atoms with Gasteiger partial charge in [0, 0.05) is 6.61 Å². The fourth-order valence-electron chi connectivity index (χ4n) is 3.81. The van der Waals surface area contributed by atoms with Crippen LogP contribution in [0.2, 0.25) is 0 Å². The molecule has 0 spiro atoms. The molecule has 0 heterocycles. The van der Waals surface area contributed by atoms with Crippen LogP contribution in [0.3, 0.4) is 0 Å². The van der Waals surface area contributed by atoms with Gasteiger partial charge in [-0.3, -0.25) is 4.79 Å². The molecule has 0 amide bonds. The molecule has 0 aliphatic carbocycles. The number of hydrogen-bond acceptors (Lipinski definition) is 2. The van der Waals surface area contributed by atoms with E-state index in [4.69, 9.17) is 4.74 Å². The van der Waals surface area contributed by atoms with E-state index in [1.54, 1.807) is 0 Å². The third-order valence-corrected chi connectivity index (χ3v) is 6.16. The first-order valence-corrected chi connectivity index (χ1v) is 12.1. The van der Waals surface area contributed by atoms with E-state index in [1.165, 1.54) is 89.9 Å². The number of rotatable bonds is 22. The molecule has 0 aromatic rings. The zero-order chi connectivity index (χ0) is 20.1. The number of nitrogens with zero attached hydrogens (tertiary/aromatic N) is 1. The lowest BCUT2D eigenvalue weighted by molar-refractivity contribution is -0.917. The minimum Gasteiger partial charge on any atom is -0.376 e. The Balaban J connectivity index is 3.28. The van der Waals surface area contributed by atoms with Gasteiger partial charge in [-0.2, -0.15) is 0 Å². The minimum absolute atomic E-state index is 0.620. The smallest absolute Gasteiger partial charge is 0.174 e. The number of carbonyl (C=O) groups is 1. The van der Waals surface area contributed by atoms with Gasteiger partial charge in [0.25, 0.3) is 0 Å². The van der Waals surface area contributed by atoms with E-state index in [1.807, 2.05) is 0 Å². The molecule has 0 aliphatic heterocycles. The predicted molar refractivity (Wildman–Crippen MR) is 118 cm³/mol. The zero-order valence-electron chi connectivity index (χ0n) is 19.0. The van der Waals surface area contributed by atoms with Crippen LogP contribution in [-0.2, 0) is 9.53 Å². The molecular weight excluding hydrogens is 334 g/mol. The minimum atomic E-state index is 0.620. The number of aldehydes is 1. The average molecular weight is 385 g/mol. The normalized spacial score (nSPS) is 11.8. The first-order chi connectivity index (χ1) is 13.2. The molecule has 27 heavy (non-hydrogen) atoms. The summed E-state index contributed by atoms with van der Waals surface area (Å²) in [6.45, 7) is 11.9. The molecular formula is C24H50NO2+. The number of quaternary nitrogens is 1. The molecule has 3 heteroatoms. The number of carbonyl (C=O) groups excluding carboxylic acids is 1. The molecule has 0 aromatic carbocycles. The molecule has 162 valence electrons. The van der Waals surface area contributed by atoms with Crippen molar-refractivity contribution in [1.82, 2.24) is 0 Å². The highest BCUT2D eigenvalue weighted by Crippen LogP contribution is 2.13. The predicted octanol–water partition coefficient (Wildman–Crippen LogP) is 6.54. The van der Waals surface area contributed by atoms with Crippen LogP contribution in [0.5, 0.6) is 0 Å². The average Bonchev–Trinajstić information content (AvgIpc) is 2.69. The molecule has 0 aliphatic rings. The van der Waals surface area contributed by atoms with Crippen molar-refractivity contribution < 1.29 is 14.0 Å². The van der Waals surface area contributed by atoms with Gasteiger partial charge >= 0.3 is 0 Å². The van der Waals surface area contributed by atoms with Gasteiger partial charge in [-0.15, -0.1) is 0 Å². The standard InChI is InChI=1S/C24H50NO2/c1-4-7-8-9-10-11-12-13-14-15-16-17-18-19-23-27-24-21-25(5-2,6-3)20-22-26/h22H,4-21,23-24H2,1-3H3/q+1. The Morgan fingerprint density at radius 2 is 1.07 bits per heavy atom. The van der Waals surface area contributed by atoms with Gasteiger partial charge in [0.05, 0.1) is 19.7 Å². The molecule has 0 rings (SSSR count). The molecule has 0 saturated carbocycles. The van der Waals surface area contributed by atoms with Crippen molar-refractivity contribution in [3.05, 3.63) is 0 Å². The van der Waals surface area contributed by atoms with E-state index in [-0.39, 0.29) is 0 Å². The summed E-state index contributed by atoms with van der Waals surface area (Å²) >= 11 is 0. The van der Waals surface area contributed by atoms with Crippen LogP contribution in [0.15, 0.2) is 0 Å². The molecule has 0 radical (unpaired) electrons. The van der Waals surface area contributed by atoms with Crippen molar-refractivity contribution in [1.29, 1.82) is 0 Å². The second kappa shape index (κ2) is 20.3. The quantitative estimate of drug-likeness (QED) is 0.120. The van der Waals surface area contributed by atoms with Gasteiger partial charge < -0.3 is 9.22 Å². The largest absolute Gasteiger partial charge is 0.376 e. The van der Waals surface area contributed by atoms with Crippen molar-refractivity contribution in [2.75, 3.05) is 39.4 Å². The molecule has 0 saturated heterocycles. The van der Waals surface area contributed by atoms with Crippen molar-refractivity contribution in [3.8, 4) is 0 Å². The van der Waals surface area contributed by atoms with Gasteiger partial charge in [-0.25, -0.2) is 0 Å². The Kier molecular flexibility index (Phi) is 20.0. The van der Waals surface area contributed by atoms with Crippen molar-refractivity contribution in [3.63, 3.8) is 0 Å². The van der Waals surface area contributed by atoms with E-state index < -0.39 is 0 Å². The third kappa shape index (κ3) is 16.3. The lowest BCUT2D eigenvalue weighted by Crippen LogP contribution is -2.51. The molecule has 3 nitrogen and oxygen atoms in total. The fourth-order valence-corrected chi connectivity index (χ4v) is 3.81. The summed E-state index contributed by atoms with van der Waals surface area (Å²) in [5, 5.41) is 0. The van der Waals surface area contributed by atoms with Crippen molar-refractivity contribution >= 4 is 6.29 Å². The van der Waals surface area contributed by atoms with Crippen LogP contribution >= 0.6 is 0 Å². The van der Waals surface area contributed by atoms with Gasteiger partial charge in [-0.05, 0) is 20.3 Å². The second-order valence-electron chi connectivity index (χ2n) is 8.26. The lowest BCUT2D eigenvalue weighted by atomic mass is 10.0. The van der Waals surface area contributed by atoms with E-state index >= 15 is 0 Å². The van der Waals surface area contributed by atoms with Crippen LogP contribution in [-0.4, -0.2) is 50.2 Å². The summed E-state index contributed by atoms with van der Waals surface area (Å²) in [5.74, 6) is 0. The summed E-state index contributed by atoms with van der Waals surface area (Å²) in [5.41, 5.74) is 0. The molecule has 0 aromatic heterocycles. The Labute approximate surface area is 170 Å². The highest BCUT2D eigenvalue weighted by molar-refractivity contribution is 5.50. The summed E-state index contributed by atoms with van der Waals surface area (Å²) < 4.78 is 6.68. The van der Waals surface area contributed by atoms with Gasteiger partial charge in [-0.1, -0.05) is 90.4 Å². The number of likely N-dealkylation sites (N-methyl/N-ethyl adjacent to an activating group) is 1. The van der Waals surface area contributed by atoms with Crippen LogP contribution in [0.1, 0.15) is 111 Å². The van der Waals surface area contributed by atoms with Gasteiger partial charge in [0.15, 0.2) is 6.29 Å². The van der Waals surface area contributed by atoms with Crippen molar-refractivity contribution in [2.45, 2.75) is 111 Å². The first-order valence-electron chi connectivity index (χ1n) is 12.1. The number of hydrogen-bond donors (Lipinski definition) is 0. The van der Waals surface area contributed by atoms with Crippen molar-refractivity contribution in [2.24, 2.45) is 0 Å². The maximum absolute atomic E-state index is 10.9. The molecule has 0 N–H and O–H groups in total. The fraction of sp³-hybridized carbons (Fsp3) is 0.958. The summed E-state index contributed by atoms with van der Waals surface area (Å²) in [6, 6.07) is 0. The Morgan fingerprint density at radius 1 is 0.630 bits per heavy atom. The second-order valence-corrected chi connectivity index (χ2v) is 8.26. The monoisotopic (exact) mass is 384 g/mol. The van der Waals surface area contributed by atoms with Gasteiger partial charge in [0.2, 0.25) is 0 Å².